The highest BCUT2D eigenvalue weighted by Crippen LogP contribution is 2.16. The average molecular weight is 224 g/mol. The van der Waals surface area contributed by atoms with Gasteiger partial charge in [0.2, 0.25) is 0 Å². The summed E-state index contributed by atoms with van der Waals surface area (Å²) in [6.45, 7) is 1.30. The van der Waals surface area contributed by atoms with Crippen molar-refractivity contribution in [2.24, 2.45) is 10.9 Å². The summed E-state index contributed by atoms with van der Waals surface area (Å²) < 4.78 is 4.99. The molecule has 6 heteroatoms. The van der Waals surface area contributed by atoms with E-state index in [4.69, 9.17) is 15.7 Å². The highest BCUT2D eigenvalue weighted by Gasteiger charge is 2.10. The molecular formula is C10H16N4O2. The molecule has 0 spiro atoms. The van der Waals surface area contributed by atoms with Crippen LogP contribution in [0.3, 0.4) is 0 Å². The van der Waals surface area contributed by atoms with Gasteiger partial charge < -0.3 is 20.6 Å². The van der Waals surface area contributed by atoms with Gasteiger partial charge in [-0.3, -0.25) is 4.98 Å². The molecule has 0 amide bonds. The van der Waals surface area contributed by atoms with E-state index in [0.29, 0.717) is 18.7 Å². The van der Waals surface area contributed by atoms with Crippen LogP contribution < -0.4 is 10.6 Å². The SMILES string of the molecule is COCCN(C)c1cnccc1/C(N)=N/O. The van der Waals surface area contributed by atoms with E-state index >= 15 is 0 Å². The molecule has 0 atom stereocenters. The van der Waals surface area contributed by atoms with E-state index in [1.165, 1.54) is 0 Å². The van der Waals surface area contributed by atoms with Crippen LogP contribution >= 0.6 is 0 Å². The fraction of sp³-hybridized carbons (Fsp3) is 0.400. The second-order valence-electron chi connectivity index (χ2n) is 3.29. The molecule has 0 aliphatic heterocycles. The Kier molecular flexibility index (Phi) is 4.53. The summed E-state index contributed by atoms with van der Waals surface area (Å²) in [5.41, 5.74) is 7.03. The number of oxime groups is 1. The van der Waals surface area contributed by atoms with Crippen LogP contribution in [-0.4, -0.2) is 43.3 Å². The molecule has 1 aromatic rings. The van der Waals surface area contributed by atoms with Crippen LogP contribution in [0, 0.1) is 0 Å². The molecule has 0 aliphatic carbocycles. The van der Waals surface area contributed by atoms with Gasteiger partial charge in [-0.15, -0.1) is 0 Å². The number of likely N-dealkylation sites (N-methyl/N-ethyl adjacent to an activating group) is 1. The third-order valence-corrected chi connectivity index (χ3v) is 2.23. The maximum atomic E-state index is 8.67. The van der Waals surface area contributed by atoms with Gasteiger partial charge in [-0.1, -0.05) is 5.16 Å². The first-order chi connectivity index (χ1) is 7.70. The standard InChI is InChI=1S/C10H16N4O2/c1-14(5-6-16-2)9-7-12-4-3-8(9)10(11)13-15/h3-4,7,15H,5-6H2,1-2H3,(H2,11,13). The van der Waals surface area contributed by atoms with Crippen LogP contribution in [0.25, 0.3) is 0 Å². The monoisotopic (exact) mass is 224 g/mol. The fourth-order valence-corrected chi connectivity index (χ4v) is 1.31. The first-order valence-electron chi connectivity index (χ1n) is 4.82. The van der Waals surface area contributed by atoms with E-state index in [2.05, 4.69) is 10.1 Å². The largest absolute Gasteiger partial charge is 0.409 e. The number of pyridine rings is 1. The molecule has 0 radical (unpaired) electrons. The first kappa shape index (κ1) is 12.3. The van der Waals surface area contributed by atoms with Crippen LogP contribution in [-0.2, 0) is 4.74 Å². The molecule has 0 aliphatic rings. The number of anilines is 1. The summed E-state index contributed by atoms with van der Waals surface area (Å²) in [6, 6.07) is 1.70. The number of rotatable bonds is 5. The number of nitrogens with zero attached hydrogens (tertiary/aromatic N) is 3. The Balaban J connectivity index is 2.94. The predicted octanol–water partition coefficient (Wildman–Crippen LogP) is 0.259. The average Bonchev–Trinajstić information content (AvgIpc) is 2.35. The normalized spacial score (nSPS) is 11.5. The van der Waals surface area contributed by atoms with Gasteiger partial charge in [0, 0.05) is 32.5 Å². The van der Waals surface area contributed by atoms with E-state index in [-0.39, 0.29) is 5.84 Å². The molecule has 0 aromatic carbocycles. The lowest BCUT2D eigenvalue weighted by Gasteiger charge is -2.20. The molecule has 0 saturated heterocycles. The second-order valence-corrected chi connectivity index (χ2v) is 3.29. The van der Waals surface area contributed by atoms with Crippen LogP contribution in [0.2, 0.25) is 0 Å². The first-order valence-corrected chi connectivity index (χ1v) is 4.82. The Hall–Kier alpha value is -1.82. The molecule has 3 N–H and O–H groups in total. The predicted molar refractivity (Wildman–Crippen MR) is 61.9 cm³/mol. The molecule has 88 valence electrons. The zero-order chi connectivity index (χ0) is 12.0. The van der Waals surface area contributed by atoms with Gasteiger partial charge in [-0.05, 0) is 6.07 Å². The van der Waals surface area contributed by atoms with E-state index in [9.17, 15) is 0 Å². The maximum Gasteiger partial charge on any atom is 0.172 e. The van der Waals surface area contributed by atoms with Gasteiger partial charge in [0.05, 0.1) is 18.5 Å². The van der Waals surface area contributed by atoms with Crippen LogP contribution in [0.4, 0.5) is 5.69 Å². The summed E-state index contributed by atoms with van der Waals surface area (Å²) in [5.74, 6) is 0.0710. The number of hydrogen-bond donors (Lipinski definition) is 2. The lowest BCUT2D eigenvalue weighted by Crippen LogP contribution is -2.26. The van der Waals surface area contributed by atoms with E-state index in [1.807, 2.05) is 11.9 Å². The molecule has 0 fully saturated rings. The fourth-order valence-electron chi connectivity index (χ4n) is 1.31. The quantitative estimate of drug-likeness (QED) is 0.324. The van der Waals surface area contributed by atoms with E-state index in [0.717, 1.165) is 5.69 Å². The van der Waals surface area contributed by atoms with Gasteiger partial charge in [-0.2, -0.15) is 0 Å². The maximum absolute atomic E-state index is 8.67. The lowest BCUT2D eigenvalue weighted by molar-refractivity contribution is 0.206. The highest BCUT2D eigenvalue weighted by atomic mass is 16.5. The molecule has 0 saturated carbocycles. The molecule has 1 aromatic heterocycles. The summed E-state index contributed by atoms with van der Waals surface area (Å²) in [4.78, 5) is 5.95. The van der Waals surface area contributed by atoms with Crippen molar-refractivity contribution in [1.82, 2.24) is 4.98 Å². The molecule has 0 bridgehead atoms. The Labute approximate surface area is 94.3 Å². The van der Waals surface area contributed by atoms with Crippen LogP contribution in [0.1, 0.15) is 5.56 Å². The number of hydrogen-bond acceptors (Lipinski definition) is 5. The number of methoxy groups -OCH3 is 1. The Morgan fingerprint density at radius 3 is 3.06 bits per heavy atom. The van der Waals surface area contributed by atoms with E-state index < -0.39 is 0 Å². The zero-order valence-corrected chi connectivity index (χ0v) is 9.42. The minimum atomic E-state index is 0.0710. The van der Waals surface area contributed by atoms with Crippen molar-refractivity contribution in [1.29, 1.82) is 0 Å². The van der Waals surface area contributed by atoms with Crippen molar-refractivity contribution in [3.05, 3.63) is 24.0 Å². The molecule has 6 nitrogen and oxygen atoms in total. The minimum absolute atomic E-state index is 0.0710. The number of nitrogens with two attached hydrogens (primary N) is 1. The Bertz CT molecular complexity index is 368. The van der Waals surface area contributed by atoms with Crippen molar-refractivity contribution >= 4 is 11.5 Å². The Morgan fingerprint density at radius 1 is 1.69 bits per heavy atom. The molecule has 0 unspecified atom stereocenters. The van der Waals surface area contributed by atoms with Crippen molar-refractivity contribution in [2.75, 3.05) is 32.2 Å². The summed E-state index contributed by atoms with van der Waals surface area (Å²) in [6.07, 6.45) is 3.27. The smallest absolute Gasteiger partial charge is 0.172 e. The zero-order valence-electron chi connectivity index (χ0n) is 9.42. The Morgan fingerprint density at radius 2 is 2.44 bits per heavy atom. The summed E-state index contributed by atoms with van der Waals surface area (Å²) >= 11 is 0. The van der Waals surface area contributed by atoms with Gasteiger partial charge in [0.25, 0.3) is 0 Å². The topological polar surface area (TPSA) is 84.0 Å². The lowest BCUT2D eigenvalue weighted by atomic mass is 10.2. The summed E-state index contributed by atoms with van der Waals surface area (Å²) in [7, 11) is 3.53. The number of amidine groups is 1. The van der Waals surface area contributed by atoms with Gasteiger partial charge in [0.1, 0.15) is 0 Å². The van der Waals surface area contributed by atoms with Crippen molar-refractivity contribution < 1.29 is 9.94 Å². The number of aromatic nitrogens is 1. The second kappa shape index (κ2) is 5.92. The van der Waals surface area contributed by atoms with Crippen LogP contribution in [0.15, 0.2) is 23.6 Å². The molecular weight excluding hydrogens is 208 g/mol. The van der Waals surface area contributed by atoms with Gasteiger partial charge in [-0.25, -0.2) is 0 Å². The van der Waals surface area contributed by atoms with Crippen LogP contribution in [0.5, 0.6) is 0 Å². The molecule has 16 heavy (non-hydrogen) atoms. The minimum Gasteiger partial charge on any atom is -0.409 e. The van der Waals surface area contributed by atoms with Crippen molar-refractivity contribution in [2.45, 2.75) is 0 Å². The third-order valence-electron chi connectivity index (χ3n) is 2.23. The van der Waals surface area contributed by atoms with Crippen molar-refractivity contribution in [3.63, 3.8) is 0 Å². The third kappa shape index (κ3) is 2.83. The van der Waals surface area contributed by atoms with Gasteiger partial charge >= 0.3 is 0 Å². The number of ether oxygens (including phenoxy) is 1. The summed E-state index contributed by atoms with van der Waals surface area (Å²) in [5, 5.41) is 11.7. The highest BCUT2D eigenvalue weighted by molar-refractivity contribution is 6.01. The van der Waals surface area contributed by atoms with Gasteiger partial charge in [0.15, 0.2) is 5.84 Å². The molecule has 1 heterocycles. The van der Waals surface area contributed by atoms with Crippen molar-refractivity contribution in [3.8, 4) is 0 Å². The van der Waals surface area contributed by atoms with E-state index in [1.54, 1.807) is 25.6 Å². The molecule has 1 rings (SSSR count).